The molecular weight excluding hydrogens is 470 g/mol. The average Bonchev–Trinajstić information content (AvgIpc) is 3.28. The predicted octanol–water partition coefficient (Wildman–Crippen LogP) is 3.19. The number of nitrogens with zero attached hydrogens (tertiary/aromatic N) is 3. The van der Waals surface area contributed by atoms with Crippen LogP contribution in [-0.2, 0) is 25.0 Å². The second-order valence-electron chi connectivity index (χ2n) is 9.18. The zero-order valence-corrected chi connectivity index (χ0v) is 20.3. The van der Waals surface area contributed by atoms with Crippen LogP contribution in [0.25, 0.3) is 10.2 Å². The van der Waals surface area contributed by atoms with Crippen molar-refractivity contribution < 1.29 is 17.9 Å². The molecule has 3 saturated heterocycles. The third-order valence-electron chi connectivity index (χ3n) is 7.31. The SMILES string of the molecule is O=C(N1CC(=C2CN(S(=O)(=O)c3ccc4ncsc4c3)C2)C1)C1(c2ccccc2)CCOCC1. The van der Waals surface area contributed by atoms with Gasteiger partial charge in [-0.1, -0.05) is 30.3 Å². The molecule has 0 spiro atoms. The van der Waals surface area contributed by atoms with Gasteiger partial charge in [0.15, 0.2) is 0 Å². The number of sulfonamides is 1. The summed E-state index contributed by atoms with van der Waals surface area (Å²) in [7, 11) is -3.53. The number of likely N-dealkylation sites (tertiary alicyclic amines) is 1. The first kappa shape index (κ1) is 21.9. The van der Waals surface area contributed by atoms with E-state index < -0.39 is 15.4 Å². The van der Waals surface area contributed by atoms with E-state index in [0.717, 1.165) is 21.4 Å². The van der Waals surface area contributed by atoms with Crippen molar-refractivity contribution >= 4 is 37.5 Å². The minimum Gasteiger partial charge on any atom is -0.381 e. The summed E-state index contributed by atoms with van der Waals surface area (Å²) in [5.74, 6) is 0.160. The van der Waals surface area contributed by atoms with Crippen molar-refractivity contribution in [3.05, 3.63) is 70.8 Å². The summed E-state index contributed by atoms with van der Waals surface area (Å²) in [5.41, 5.74) is 5.38. The van der Waals surface area contributed by atoms with Crippen LogP contribution in [0.4, 0.5) is 0 Å². The molecule has 3 aliphatic rings. The van der Waals surface area contributed by atoms with Crippen LogP contribution in [0.3, 0.4) is 0 Å². The smallest absolute Gasteiger partial charge is 0.243 e. The fourth-order valence-electron chi connectivity index (χ4n) is 5.11. The van der Waals surface area contributed by atoms with Gasteiger partial charge in [-0.3, -0.25) is 4.79 Å². The Morgan fingerprint density at radius 2 is 1.68 bits per heavy atom. The van der Waals surface area contributed by atoms with Gasteiger partial charge in [-0.25, -0.2) is 13.4 Å². The van der Waals surface area contributed by atoms with Gasteiger partial charge >= 0.3 is 0 Å². The molecule has 2 aromatic carbocycles. The molecule has 0 saturated carbocycles. The lowest BCUT2D eigenvalue weighted by Gasteiger charge is -2.46. The van der Waals surface area contributed by atoms with E-state index in [1.807, 2.05) is 35.2 Å². The molecule has 7 nitrogen and oxygen atoms in total. The second kappa shape index (κ2) is 8.27. The Morgan fingerprint density at radius 1 is 0.971 bits per heavy atom. The van der Waals surface area contributed by atoms with E-state index in [0.29, 0.717) is 57.1 Å². The number of ether oxygens (including phenoxy) is 1. The molecule has 0 aliphatic carbocycles. The van der Waals surface area contributed by atoms with Gasteiger partial charge < -0.3 is 9.64 Å². The van der Waals surface area contributed by atoms with Gasteiger partial charge in [0.2, 0.25) is 15.9 Å². The molecule has 0 atom stereocenters. The summed E-state index contributed by atoms with van der Waals surface area (Å²) >= 11 is 1.44. The number of carbonyl (C=O) groups is 1. The minimum atomic E-state index is -3.53. The zero-order chi connectivity index (χ0) is 23.3. The van der Waals surface area contributed by atoms with E-state index in [-0.39, 0.29) is 5.91 Å². The second-order valence-corrected chi connectivity index (χ2v) is 12.0. The van der Waals surface area contributed by atoms with Gasteiger partial charge in [0.25, 0.3) is 0 Å². The molecule has 3 aliphatic heterocycles. The maximum Gasteiger partial charge on any atom is 0.243 e. The van der Waals surface area contributed by atoms with E-state index in [4.69, 9.17) is 4.74 Å². The Labute approximate surface area is 202 Å². The molecule has 1 amide bonds. The van der Waals surface area contributed by atoms with Crippen molar-refractivity contribution in [1.82, 2.24) is 14.2 Å². The molecular formula is C25H25N3O4S2. The van der Waals surface area contributed by atoms with Crippen LogP contribution in [0.2, 0.25) is 0 Å². The zero-order valence-electron chi connectivity index (χ0n) is 18.6. The summed E-state index contributed by atoms with van der Waals surface area (Å²) in [6.07, 6.45) is 1.38. The van der Waals surface area contributed by atoms with E-state index in [2.05, 4.69) is 4.98 Å². The number of hydrogen-bond acceptors (Lipinski definition) is 6. The van der Waals surface area contributed by atoms with E-state index in [1.54, 1.807) is 23.7 Å². The van der Waals surface area contributed by atoms with Crippen molar-refractivity contribution in [3.63, 3.8) is 0 Å². The van der Waals surface area contributed by atoms with Crippen molar-refractivity contribution in [1.29, 1.82) is 0 Å². The maximum absolute atomic E-state index is 13.6. The number of fused-ring (bicyclic) bond motifs is 1. The van der Waals surface area contributed by atoms with Crippen LogP contribution in [0, 0.1) is 0 Å². The number of hydrogen-bond donors (Lipinski definition) is 0. The van der Waals surface area contributed by atoms with E-state index in [9.17, 15) is 13.2 Å². The minimum absolute atomic E-state index is 0.160. The van der Waals surface area contributed by atoms with E-state index in [1.165, 1.54) is 21.2 Å². The third-order valence-corrected chi connectivity index (χ3v) is 9.89. The molecule has 0 unspecified atom stereocenters. The van der Waals surface area contributed by atoms with E-state index >= 15 is 0 Å². The van der Waals surface area contributed by atoms with Gasteiger partial charge in [-0.15, -0.1) is 11.3 Å². The summed E-state index contributed by atoms with van der Waals surface area (Å²) < 4.78 is 34.0. The van der Waals surface area contributed by atoms with Crippen molar-refractivity contribution in [2.24, 2.45) is 0 Å². The molecule has 0 bridgehead atoms. The van der Waals surface area contributed by atoms with Gasteiger partial charge in [0.05, 0.1) is 26.0 Å². The largest absolute Gasteiger partial charge is 0.381 e. The monoisotopic (exact) mass is 495 g/mol. The van der Waals surface area contributed by atoms with Gasteiger partial charge in [0.1, 0.15) is 0 Å². The molecule has 6 rings (SSSR count). The molecule has 3 fully saturated rings. The number of rotatable bonds is 4. The highest BCUT2D eigenvalue weighted by molar-refractivity contribution is 7.89. The first-order valence-corrected chi connectivity index (χ1v) is 13.8. The van der Waals surface area contributed by atoms with Crippen LogP contribution in [0.5, 0.6) is 0 Å². The Kier molecular flexibility index (Phi) is 5.33. The average molecular weight is 496 g/mol. The number of amides is 1. The quantitative estimate of drug-likeness (QED) is 0.520. The fraction of sp³-hybridized carbons (Fsp3) is 0.360. The predicted molar refractivity (Wildman–Crippen MR) is 130 cm³/mol. The maximum atomic E-state index is 13.6. The Balaban J connectivity index is 1.14. The first-order valence-electron chi connectivity index (χ1n) is 11.4. The molecule has 4 heterocycles. The van der Waals surface area contributed by atoms with Crippen molar-refractivity contribution in [3.8, 4) is 0 Å². The topological polar surface area (TPSA) is 79.8 Å². The molecule has 0 N–H and O–H groups in total. The van der Waals surface area contributed by atoms with Crippen LogP contribution < -0.4 is 0 Å². The summed E-state index contributed by atoms with van der Waals surface area (Å²) in [6.45, 7) is 3.15. The highest BCUT2D eigenvalue weighted by Crippen LogP contribution is 2.39. The normalized spacial score (nSPS) is 20.8. The fourth-order valence-corrected chi connectivity index (χ4v) is 7.35. The Morgan fingerprint density at radius 3 is 2.41 bits per heavy atom. The number of aromatic nitrogens is 1. The number of benzene rings is 2. The lowest BCUT2D eigenvalue weighted by atomic mass is 9.72. The molecule has 34 heavy (non-hydrogen) atoms. The number of carbonyl (C=O) groups excluding carboxylic acids is 1. The van der Waals surface area contributed by atoms with Crippen molar-refractivity contribution in [2.45, 2.75) is 23.2 Å². The summed E-state index contributed by atoms with van der Waals surface area (Å²) in [5, 5.41) is 0. The van der Waals surface area contributed by atoms with Crippen LogP contribution in [0.15, 0.2) is 70.1 Å². The summed E-state index contributed by atoms with van der Waals surface area (Å²) in [6, 6.07) is 15.1. The standard InChI is InChI=1S/C25H25N3O4S2/c29-24(25(8-10-32-11-9-25)20-4-2-1-3-5-20)27-13-18(14-27)19-15-28(16-19)34(30,31)21-6-7-22-23(12-21)33-17-26-22/h1-7,12,17H,8-11,13-16H2. The Hall–Kier alpha value is -2.59. The molecule has 9 heteroatoms. The Bertz CT molecular complexity index is 1380. The third kappa shape index (κ3) is 3.50. The highest BCUT2D eigenvalue weighted by atomic mass is 32.2. The van der Waals surface area contributed by atoms with Gasteiger partial charge in [-0.2, -0.15) is 4.31 Å². The highest BCUT2D eigenvalue weighted by Gasteiger charge is 2.47. The summed E-state index contributed by atoms with van der Waals surface area (Å²) in [4.78, 5) is 20.0. The van der Waals surface area contributed by atoms with Crippen LogP contribution in [-0.4, -0.2) is 67.9 Å². The molecule has 0 radical (unpaired) electrons. The van der Waals surface area contributed by atoms with Crippen LogP contribution >= 0.6 is 11.3 Å². The van der Waals surface area contributed by atoms with Gasteiger partial charge in [0, 0.05) is 39.4 Å². The lowest BCUT2D eigenvalue weighted by Crippen LogP contribution is -2.57. The van der Waals surface area contributed by atoms with Crippen LogP contribution in [0.1, 0.15) is 18.4 Å². The van der Waals surface area contributed by atoms with Crippen molar-refractivity contribution in [2.75, 3.05) is 39.4 Å². The molecule has 176 valence electrons. The first-order chi connectivity index (χ1) is 16.5. The molecule has 1 aromatic heterocycles. The molecule has 3 aromatic rings. The number of thiazole rings is 1. The lowest BCUT2D eigenvalue weighted by molar-refractivity contribution is -0.142. The van der Waals surface area contributed by atoms with Gasteiger partial charge in [-0.05, 0) is 47.8 Å².